The molecule has 0 aromatic carbocycles. The van der Waals surface area contributed by atoms with Crippen LogP contribution in [0.2, 0.25) is 0 Å². The number of aryl methyl sites for hydroxylation is 1. The highest BCUT2D eigenvalue weighted by atomic mass is 32.1. The predicted molar refractivity (Wildman–Crippen MR) is 75.8 cm³/mol. The van der Waals surface area contributed by atoms with Gasteiger partial charge in [0.05, 0.1) is 11.2 Å². The van der Waals surface area contributed by atoms with Crippen molar-refractivity contribution in [2.75, 3.05) is 26.7 Å². The zero-order valence-corrected chi connectivity index (χ0v) is 12.3. The highest BCUT2D eigenvalue weighted by Crippen LogP contribution is 2.11. The quantitative estimate of drug-likeness (QED) is 0.723. The summed E-state index contributed by atoms with van der Waals surface area (Å²) in [6, 6.07) is 0.681. The van der Waals surface area contributed by atoms with Crippen molar-refractivity contribution in [3.05, 3.63) is 16.1 Å². The first-order valence-corrected chi connectivity index (χ1v) is 7.33. The van der Waals surface area contributed by atoms with E-state index in [-0.39, 0.29) is 0 Å². The molecule has 17 heavy (non-hydrogen) atoms. The van der Waals surface area contributed by atoms with Crippen LogP contribution in [0.1, 0.15) is 30.8 Å². The molecule has 0 spiro atoms. The minimum atomic E-state index is 0.681. The first-order valence-electron chi connectivity index (χ1n) is 6.45. The van der Waals surface area contributed by atoms with E-state index in [0.29, 0.717) is 6.04 Å². The summed E-state index contributed by atoms with van der Waals surface area (Å²) < 4.78 is 0. The maximum atomic E-state index is 4.26. The van der Waals surface area contributed by atoms with E-state index in [2.05, 4.69) is 43.0 Å². The number of nitrogens with one attached hydrogen (secondary N) is 1. The molecular weight excluding hydrogens is 230 g/mol. The van der Waals surface area contributed by atoms with E-state index in [4.69, 9.17) is 0 Å². The lowest BCUT2D eigenvalue weighted by Gasteiger charge is -2.23. The molecule has 0 amide bonds. The maximum Gasteiger partial charge on any atom is 0.0797 e. The Morgan fingerprint density at radius 3 is 2.82 bits per heavy atom. The molecule has 1 aromatic rings. The third-order valence-electron chi connectivity index (χ3n) is 3.36. The van der Waals surface area contributed by atoms with Crippen LogP contribution in [0.5, 0.6) is 0 Å². The molecule has 0 aliphatic heterocycles. The van der Waals surface area contributed by atoms with Crippen LogP contribution in [-0.4, -0.2) is 42.6 Å². The molecule has 1 N–H and O–H groups in total. The number of likely N-dealkylation sites (N-methyl/N-ethyl adjacent to an activating group) is 1. The van der Waals surface area contributed by atoms with Gasteiger partial charge in [0.15, 0.2) is 0 Å². The minimum Gasteiger partial charge on any atom is -0.315 e. The molecule has 0 radical (unpaired) electrons. The Kier molecular flexibility index (Phi) is 6.70. The Morgan fingerprint density at radius 2 is 2.24 bits per heavy atom. The Labute approximate surface area is 109 Å². The van der Waals surface area contributed by atoms with Gasteiger partial charge in [-0.2, -0.15) is 0 Å². The summed E-state index contributed by atoms with van der Waals surface area (Å²) in [6.07, 6.45) is 2.32. The van der Waals surface area contributed by atoms with Crippen LogP contribution >= 0.6 is 11.3 Å². The summed E-state index contributed by atoms with van der Waals surface area (Å²) in [5.41, 5.74) is 3.12. The molecule has 0 fully saturated rings. The predicted octanol–water partition coefficient (Wildman–Crippen LogP) is 2.31. The van der Waals surface area contributed by atoms with E-state index in [9.17, 15) is 0 Å². The van der Waals surface area contributed by atoms with Crippen molar-refractivity contribution >= 4 is 11.3 Å². The summed E-state index contributed by atoms with van der Waals surface area (Å²) >= 11 is 1.76. The largest absolute Gasteiger partial charge is 0.315 e. The molecule has 98 valence electrons. The van der Waals surface area contributed by atoms with Crippen molar-refractivity contribution in [2.24, 2.45) is 0 Å². The minimum absolute atomic E-state index is 0.681. The van der Waals surface area contributed by atoms with Gasteiger partial charge in [-0.05, 0) is 33.7 Å². The van der Waals surface area contributed by atoms with Gasteiger partial charge in [0.2, 0.25) is 0 Å². The molecule has 4 heteroatoms. The fourth-order valence-corrected chi connectivity index (χ4v) is 2.46. The van der Waals surface area contributed by atoms with Gasteiger partial charge in [0, 0.05) is 30.6 Å². The highest BCUT2D eigenvalue weighted by Gasteiger charge is 2.05. The number of hydrogen-bond donors (Lipinski definition) is 1. The molecule has 1 unspecified atom stereocenters. The molecule has 0 aliphatic carbocycles. The lowest BCUT2D eigenvalue weighted by atomic mass is 10.2. The summed E-state index contributed by atoms with van der Waals surface area (Å²) in [5.74, 6) is 0. The second-order valence-corrected chi connectivity index (χ2v) is 5.54. The van der Waals surface area contributed by atoms with Crippen LogP contribution in [-0.2, 0) is 6.42 Å². The Morgan fingerprint density at radius 1 is 1.47 bits per heavy atom. The average Bonchev–Trinajstić information content (AvgIpc) is 2.73. The number of hydrogen-bond acceptors (Lipinski definition) is 4. The third-order valence-corrected chi connectivity index (χ3v) is 4.35. The molecule has 0 bridgehead atoms. The zero-order valence-electron chi connectivity index (χ0n) is 11.5. The van der Waals surface area contributed by atoms with Crippen LogP contribution < -0.4 is 5.32 Å². The molecule has 0 saturated heterocycles. The molecule has 3 nitrogen and oxygen atoms in total. The van der Waals surface area contributed by atoms with E-state index in [0.717, 1.165) is 26.1 Å². The van der Waals surface area contributed by atoms with Crippen LogP contribution in [0.3, 0.4) is 0 Å². The third kappa shape index (κ3) is 5.15. The van der Waals surface area contributed by atoms with E-state index >= 15 is 0 Å². The number of rotatable bonds is 8. The van der Waals surface area contributed by atoms with E-state index in [1.807, 2.05) is 5.51 Å². The van der Waals surface area contributed by atoms with Gasteiger partial charge in [-0.25, -0.2) is 4.98 Å². The van der Waals surface area contributed by atoms with Gasteiger partial charge in [-0.3, -0.25) is 0 Å². The standard InChI is InChI=1S/C13H25N3S/c1-5-11(2)16(4)9-8-14-7-6-13-12(3)15-10-17-13/h10-11,14H,5-9H2,1-4H3. The van der Waals surface area contributed by atoms with Gasteiger partial charge in [0.1, 0.15) is 0 Å². The summed E-state index contributed by atoms with van der Waals surface area (Å²) in [7, 11) is 2.20. The normalized spacial score (nSPS) is 13.2. The highest BCUT2D eigenvalue weighted by molar-refractivity contribution is 7.09. The van der Waals surface area contributed by atoms with Gasteiger partial charge < -0.3 is 10.2 Å². The van der Waals surface area contributed by atoms with Crippen molar-refractivity contribution in [3.63, 3.8) is 0 Å². The monoisotopic (exact) mass is 255 g/mol. The second kappa shape index (κ2) is 7.80. The van der Waals surface area contributed by atoms with E-state index < -0.39 is 0 Å². The smallest absolute Gasteiger partial charge is 0.0797 e. The molecule has 1 heterocycles. The fraction of sp³-hybridized carbons (Fsp3) is 0.769. The van der Waals surface area contributed by atoms with Crippen molar-refractivity contribution in [3.8, 4) is 0 Å². The average molecular weight is 255 g/mol. The van der Waals surface area contributed by atoms with E-state index in [1.165, 1.54) is 17.0 Å². The van der Waals surface area contributed by atoms with Crippen molar-refractivity contribution < 1.29 is 0 Å². The lowest BCUT2D eigenvalue weighted by Crippen LogP contribution is -2.35. The second-order valence-electron chi connectivity index (χ2n) is 4.60. The van der Waals surface area contributed by atoms with Crippen molar-refractivity contribution in [1.29, 1.82) is 0 Å². The van der Waals surface area contributed by atoms with Crippen molar-refractivity contribution in [1.82, 2.24) is 15.2 Å². The summed E-state index contributed by atoms with van der Waals surface area (Å²) in [6.45, 7) is 9.84. The Balaban J connectivity index is 2.07. The molecule has 0 aliphatic rings. The van der Waals surface area contributed by atoms with E-state index in [1.54, 1.807) is 11.3 Å². The van der Waals surface area contributed by atoms with Crippen LogP contribution in [0.15, 0.2) is 5.51 Å². The Hall–Kier alpha value is -0.450. The topological polar surface area (TPSA) is 28.2 Å². The van der Waals surface area contributed by atoms with Gasteiger partial charge >= 0.3 is 0 Å². The molecular formula is C13H25N3S. The van der Waals surface area contributed by atoms with Crippen molar-refractivity contribution in [2.45, 2.75) is 39.7 Å². The summed E-state index contributed by atoms with van der Waals surface area (Å²) in [5, 5.41) is 3.50. The van der Waals surface area contributed by atoms with Gasteiger partial charge in [-0.15, -0.1) is 11.3 Å². The molecule has 1 rings (SSSR count). The molecule has 0 saturated carbocycles. The van der Waals surface area contributed by atoms with Gasteiger partial charge in [-0.1, -0.05) is 6.92 Å². The maximum absolute atomic E-state index is 4.26. The van der Waals surface area contributed by atoms with Gasteiger partial charge in [0.25, 0.3) is 0 Å². The first kappa shape index (κ1) is 14.6. The zero-order chi connectivity index (χ0) is 12.7. The van der Waals surface area contributed by atoms with Crippen LogP contribution in [0, 0.1) is 6.92 Å². The molecule has 1 aromatic heterocycles. The Bertz CT molecular complexity index is 311. The van der Waals surface area contributed by atoms with Crippen LogP contribution in [0.4, 0.5) is 0 Å². The first-order chi connectivity index (χ1) is 8.15. The number of aromatic nitrogens is 1. The summed E-state index contributed by atoms with van der Waals surface area (Å²) in [4.78, 5) is 8.08. The van der Waals surface area contributed by atoms with Crippen LogP contribution in [0.25, 0.3) is 0 Å². The lowest BCUT2D eigenvalue weighted by molar-refractivity contribution is 0.252. The number of nitrogens with zero attached hydrogens (tertiary/aromatic N) is 2. The molecule has 1 atom stereocenters. The SMILES string of the molecule is CCC(C)N(C)CCNCCc1scnc1C. The number of thiazole rings is 1. The fourth-order valence-electron chi connectivity index (χ4n) is 1.68.